The molecule has 1 rings (SSSR count). The number of carbonyl (C=O) groups excluding carboxylic acids is 1. The van der Waals surface area contributed by atoms with Gasteiger partial charge < -0.3 is 20.5 Å². The van der Waals surface area contributed by atoms with Gasteiger partial charge in [-0.1, -0.05) is 32.1 Å². The van der Waals surface area contributed by atoms with Crippen LogP contribution in [0.25, 0.3) is 0 Å². The van der Waals surface area contributed by atoms with Gasteiger partial charge in [0.2, 0.25) is 0 Å². The third kappa shape index (κ3) is 12.7. The summed E-state index contributed by atoms with van der Waals surface area (Å²) >= 11 is 0. The summed E-state index contributed by atoms with van der Waals surface area (Å²) in [4.78, 5) is 22.2. The van der Waals surface area contributed by atoms with Gasteiger partial charge in [-0.25, -0.2) is 4.79 Å². The van der Waals surface area contributed by atoms with Crippen molar-refractivity contribution in [3.63, 3.8) is 0 Å². The van der Waals surface area contributed by atoms with Crippen LogP contribution in [-0.4, -0.2) is 36.9 Å². The minimum atomic E-state index is -5.22. The van der Waals surface area contributed by atoms with Crippen LogP contribution < -0.4 is 10.6 Å². The molecule has 12 heteroatoms. The van der Waals surface area contributed by atoms with E-state index in [4.69, 9.17) is 9.84 Å². The Labute approximate surface area is 194 Å². The van der Waals surface area contributed by atoms with Gasteiger partial charge in [-0.3, -0.25) is 4.79 Å². The first kappa shape index (κ1) is 29.5. The Morgan fingerprint density at radius 3 is 1.94 bits per heavy atom. The summed E-state index contributed by atoms with van der Waals surface area (Å²) in [6.45, 7) is 1.10. The summed E-state index contributed by atoms with van der Waals surface area (Å²) < 4.78 is 82.6. The molecule has 1 aromatic carbocycles. The van der Waals surface area contributed by atoms with Gasteiger partial charge in [0.25, 0.3) is 0 Å². The average Bonchev–Trinajstić information content (AvgIpc) is 2.72. The first-order valence-corrected chi connectivity index (χ1v) is 11.0. The molecule has 0 fully saturated rings. The predicted molar refractivity (Wildman–Crippen MR) is 113 cm³/mol. The zero-order valence-electron chi connectivity index (χ0n) is 18.7. The second-order valence-corrected chi connectivity index (χ2v) is 7.72. The van der Waals surface area contributed by atoms with E-state index < -0.39 is 41.2 Å². The number of ether oxygens (including phenoxy) is 1. The Kier molecular flexibility index (Phi) is 12.8. The lowest BCUT2D eigenvalue weighted by molar-refractivity contribution is -0.162. The lowest BCUT2D eigenvalue weighted by atomic mass is 10.1. The van der Waals surface area contributed by atoms with Crippen molar-refractivity contribution in [2.75, 3.05) is 25.1 Å². The van der Waals surface area contributed by atoms with Crippen LogP contribution in [0.5, 0.6) is 0 Å². The van der Waals surface area contributed by atoms with Gasteiger partial charge in [0.05, 0.1) is 11.1 Å². The van der Waals surface area contributed by atoms with Crippen LogP contribution in [0.2, 0.25) is 0 Å². The van der Waals surface area contributed by atoms with E-state index in [0.29, 0.717) is 26.1 Å². The molecule has 0 aliphatic heterocycles. The van der Waals surface area contributed by atoms with Gasteiger partial charge >= 0.3 is 24.4 Å². The number of aliphatic carboxylic acids is 1. The minimum absolute atomic E-state index is 0.176. The van der Waals surface area contributed by atoms with Gasteiger partial charge in [0, 0.05) is 31.9 Å². The molecule has 0 saturated carbocycles. The number of unbranched alkanes of at least 4 members (excludes halogenated alkanes) is 6. The highest BCUT2D eigenvalue weighted by atomic mass is 19.4. The number of nitrogens with one attached hydrogen (secondary N) is 2. The summed E-state index contributed by atoms with van der Waals surface area (Å²) in [5.41, 5.74) is -4.10. The van der Waals surface area contributed by atoms with Crippen molar-refractivity contribution in [2.45, 2.75) is 70.1 Å². The molecule has 194 valence electrons. The molecule has 34 heavy (non-hydrogen) atoms. The maximum atomic E-state index is 12.9. The van der Waals surface area contributed by atoms with E-state index in [0.717, 1.165) is 44.6 Å². The molecule has 0 unspecified atom stereocenters. The number of anilines is 1. The number of urea groups is 1. The number of halogens is 6. The predicted octanol–water partition coefficient (Wildman–Crippen LogP) is 6.46. The summed E-state index contributed by atoms with van der Waals surface area (Å²) in [5.74, 6) is -0.772. The number of alkyl halides is 6. The topological polar surface area (TPSA) is 87.7 Å². The van der Waals surface area contributed by atoms with Crippen LogP contribution in [0.4, 0.5) is 36.8 Å². The Bertz CT molecular complexity index is 769. The summed E-state index contributed by atoms with van der Waals surface area (Å²) in [6.07, 6.45) is -3.17. The van der Waals surface area contributed by atoms with Crippen molar-refractivity contribution in [1.82, 2.24) is 5.32 Å². The van der Waals surface area contributed by atoms with Crippen molar-refractivity contribution in [1.29, 1.82) is 0 Å². The van der Waals surface area contributed by atoms with Crippen molar-refractivity contribution in [3.05, 3.63) is 29.3 Å². The molecule has 3 N–H and O–H groups in total. The zero-order valence-corrected chi connectivity index (χ0v) is 18.7. The molecule has 1 aromatic rings. The average molecular weight is 500 g/mol. The molecule has 0 aromatic heterocycles. The fourth-order valence-electron chi connectivity index (χ4n) is 3.12. The van der Waals surface area contributed by atoms with Gasteiger partial charge in [0.15, 0.2) is 0 Å². The van der Waals surface area contributed by atoms with Crippen LogP contribution >= 0.6 is 0 Å². The van der Waals surface area contributed by atoms with E-state index in [1.807, 2.05) is 0 Å². The fourth-order valence-corrected chi connectivity index (χ4v) is 3.12. The van der Waals surface area contributed by atoms with E-state index in [1.54, 1.807) is 0 Å². The molecule has 0 aliphatic rings. The van der Waals surface area contributed by atoms with Crippen molar-refractivity contribution < 1.29 is 45.8 Å². The smallest absolute Gasteiger partial charge is 0.417 e. The maximum Gasteiger partial charge on any atom is 0.417 e. The molecule has 0 spiro atoms. The van der Waals surface area contributed by atoms with Crippen molar-refractivity contribution >= 4 is 17.7 Å². The number of hydrogen-bond acceptors (Lipinski definition) is 3. The Balaban J connectivity index is 2.17. The first-order valence-electron chi connectivity index (χ1n) is 11.0. The monoisotopic (exact) mass is 500 g/mol. The highest BCUT2D eigenvalue weighted by Crippen LogP contribution is 2.41. The Morgan fingerprint density at radius 1 is 0.794 bits per heavy atom. The summed E-state index contributed by atoms with van der Waals surface area (Å²) in [5, 5.41) is 13.0. The van der Waals surface area contributed by atoms with E-state index in [-0.39, 0.29) is 25.1 Å². The van der Waals surface area contributed by atoms with Crippen LogP contribution in [0.3, 0.4) is 0 Å². The number of benzene rings is 1. The zero-order chi connectivity index (χ0) is 25.6. The second-order valence-electron chi connectivity index (χ2n) is 7.72. The molecule has 0 bridgehead atoms. The van der Waals surface area contributed by atoms with Crippen LogP contribution in [0, 0.1) is 0 Å². The first-order chi connectivity index (χ1) is 15.9. The lowest BCUT2D eigenvalue weighted by Gasteiger charge is -2.17. The fraction of sp³-hybridized carbons (Fsp3) is 0.636. The number of carbonyl (C=O) groups is 2. The Morgan fingerprint density at radius 2 is 1.35 bits per heavy atom. The third-order valence-corrected chi connectivity index (χ3v) is 4.82. The van der Waals surface area contributed by atoms with Crippen molar-refractivity contribution in [2.24, 2.45) is 0 Å². The molecule has 0 heterocycles. The quantitative estimate of drug-likeness (QED) is 0.191. The van der Waals surface area contributed by atoms with E-state index in [2.05, 4.69) is 10.6 Å². The third-order valence-electron chi connectivity index (χ3n) is 4.82. The minimum Gasteiger partial charge on any atom is -0.481 e. The number of carboxylic acid groups (broad SMARTS) is 1. The summed E-state index contributed by atoms with van der Waals surface area (Å²) in [7, 11) is 0. The highest BCUT2D eigenvalue weighted by molar-refractivity contribution is 5.89. The van der Waals surface area contributed by atoms with Crippen LogP contribution in [0.15, 0.2) is 18.2 Å². The molecular weight excluding hydrogens is 470 g/mol. The standard InChI is InChI=1S/C22H30F6N2O4/c23-21(24,25)17-11-10-16(15-18(17)22(26,27)28)30-20(33)29-12-8-14-34-13-7-5-3-1-2-4-6-9-19(31)32/h10-11,15H,1-9,12-14H2,(H,31,32)(H2,29,30,33). The molecule has 0 radical (unpaired) electrons. The molecule has 2 amide bonds. The second kappa shape index (κ2) is 14.7. The number of amides is 2. The van der Waals surface area contributed by atoms with Crippen LogP contribution in [0.1, 0.15) is 68.9 Å². The highest BCUT2D eigenvalue weighted by Gasteiger charge is 2.43. The number of rotatable bonds is 15. The normalized spacial score (nSPS) is 11.9. The summed E-state index contributed by atoms with van der Waals surface area (Å²) in [6, 6.07) is 0.459. The lowest BCUT2D eigenvalue weighted by Crippen LogP contribution is -2.30. The van der Waals surface area contributed by atoms with E-state index >= 15 is 0 Å². The molecule has 0 aliphatic carbocycles. The number of hydrogen-bond donors (Lipinski definition) is 3. The van der Waals surface area contributed by atoms with Crippen molar-refractivity contribution in [3.8, 4) is 0 Å². The Hall–Kier alpha value is -2.50. The van der Waals surface area contributed by atoms with Gasteiger partial charge in [-0.05, 0) is 37.5 Å². The largest absolute Gasteiger partial charge is 0.481 e. The van der Waals surface area contributed by atoms with Gasteiger partial charge in [0.1, 0.15) is 0 Å². The van der Waals surface area contributed by atoms with Gasteiger partial charge in [-0.15, -0.1) is 0 Å². The molecule has 0 atom stereocenters. The van der Waals surface area contributed by atoms with E-state index in [1.165, 1.54) is 0 Å². The maximum absolute atomic E-state index is 12.9. The van der Waals surface area contributed by atoms with E-state index in [9.17, 15) is 35.9 Å². The molecular formula is C22H30F6N2O4. The number of carboxylic acids is 1. The van der Waals surface area contributed by atoms with Crippen LogP contribution in [-0.2, 0) is 21.9 Å². The molecule has 0 saturated heterocycles. The SMILES string of the molecule is O=C(O)CCCCCCCCCOCCCNC(=O)Nc1ccc(C(F)(F)F)c(C(F)(F)F)c1. The van der Waals surface area contributed by atoms with Gasteiger partial charge in [-0.2, -0.15) is 26.3 Å². The molecule has 6 nitrogen and oxygen atoms in total.